The first-order valence-electron chi connectivity index (χ1n) is 5.83. The molecule has 3 N–H and O–H groups in total. The van der Waals surface area contributed by atoms with Crippen LogP contribution in [0.1, 0.15) is 17.5 Å². The summed E-state index contributed by atoms with van der Waals surface area (Å²) in [6.07, 6.45) is 0.435. The van der Waals surface area contributed by atoms with Gasteiger partial charge >= 0.3 is 5.97 Å². The summed E-state index contributed by atoms with van der Waals surface area (Å²) in [5.41, 5.74) is 1.76. The van der Waals surface area contributed by atoms with Crippen LogP contribution in [0.2, 0.25) is 0 Å². The van der Waals surface area contributed by atoms with Crippen LogP contribution < -0.4 is 10.6 Å². The zero-order valence-corrected chi connectivity index (χ0v) is 10.4. The van der Waals surface area contributed by atoms with Crippen molar-refractivity contribution in [1.82, 2.24) is 10.6 Å². The molecule has 5 nitrogen and oxygen atoms in total. The number of carboxylic acids is 1. The van der Waals surface area contributed by atoms with Crippen molar-refractivity contribution in [2.75, 3.05) is 13.6 Å². The summed E-state index contributed by atoms with van der Waals surface area (Å²) in [5, 5.41) is 14.5. The smallest absolute Gasteiger partial charge is 0.307 e. The predicted molar refractivity (Wildman–Crippen MR) is 68.2 cm³/mol. The first kappa shape index (κ1) is 14.2. The van der Waals surface area contributed by atoms with Gasteiger partial charge in [0.1, 0.15) is 0 Å². The first-order chi connectivity index (χ1) is 8.63. The molecule has 0 radical (unpaired) electrons. The van der Waals surface area contributed by atoms with E-state index in [1.54, 1.807) is 7.05 Å². The summed E-state index contributed by atoms with van der Waals surface area (Å²) in [7, 11) is 1.60. The normalized spacial score (nSPS) is 10.1. The molecule has 0 saturated carbocycles. The van der Waals surface area contributed by atoms with Gasteiger partial charge in [0.05, 0.1) is 6.42 Å². The van der Waals surface area contributed by atoms with E-state index in [1.807, 2.05) is 24.3 Å². The van der Waals surface area contributed by atoms with Gasteiger partial charge < -0.3 is 15.7 Å². The van der Waals surface area contributed by atoms with E-state index in [4.69, 9.17) is 5.11 Å². The van der Waals surface area contributed by atoms with Crippen LogP contribution in [0.15, 0.2) is 24.3 Å². The van der Waals surface area contributed by atoms with Crippen LogP contribution in [-0.2, 0) is 22.6 Å². The van der Waals surface area contributed by atoms with Gasteiger partial charge in [-0.2, -0.15) is 0 Å². The third-order valence-electron chi connectivity index (χ3n) is 2.58. The van der Waals surface area contributed by atoms with Gasteiger partial charge in [0.2, 0.25) is 5.91 Å². The summed E-state index contributed by atoms with van der Waals surface area (Å²) in [5.74, 6) is -0.853. The highest BCUT2D eigenvalue weighted by molar-refractivity contribution is 5.75. The zero-order valence-electron chi connectivity index (χ0n) is 10.4. The van der Waals surface area contributed by atoms with Crippen LogP contribution in [0.5, 0.6) is 0 Å². The maximum atomic E-state index is 11.0. The van der Waals surface area contributed by atoms with Crippen molar-refractivity contribution in [2.24, 2.45) is 0 Å². The van der Waals surface area contributed by atoms with E-state index in [0.29, 0.717) is 19.5 Å². The molecule has 0 aliphatic carbocycles. The Morgan fingerprint density at radius 3 is 2.50 bits per heavy atom. The molecule has 18 heavy (non-hydrogen) atoms. The molecule has 0 aliphatic rings. The average molecular weight is 250 g/mol. The van der Waals surface area contributed by atoms with Crippen molar-refractivity contribution in [3.8, 4) is 0 Å². The third-order valence-corrected chi connectivity index (χ3v) is 2.58. The number of aliphatic carboxylic acids is 1. The summed E-state index contributed by atoms with van der Waals surface area (Å²) in [6.45, 7) is 1.14. The van der Waals surface area contributed by atoms with Crippen molar-refractivity contribution in [3.63, 3.8) is 0 Å². The number of benzene rings is 1. The minimum atomic E-state index is -0.840. The Bertz CT molecular complexity index is 418. The third kappa shape index (κ3) is 4.97. The fourth-order valence-electron chi connectivity index (χ4n) is 1.62. The fourth-order valence-corrected chi connectivity index (χ4v) is 1.62. The van der Waals surface area contributed by atoms with Gasteiger partial charge in [0, 0.05) is 26.6 Å². The molecule has 0 heterocycles. The molecule has 0 atom stereocenters. The number of hydrogen-bond acceptors (Lipinski definition) is 3. The fraction of sp³-hybridized carbons (Fsp3) is 0.385. The lowest BCUT2D eigenvalue weighted by molar-refractivity contribution is -0.136. The van der Waals surface area contributed by atoms with Gasteiger partial charge in [-0.25, -0.2) is 0 Å². The minimum Gasteiger partial charge on any atom is -0.481 e. The molecule has 0 saturated heterocycles. The SMILES string of the molecule is CNC(=O)CCNCc1ccccc1CC(=O)O. The van der Waals surface area contributed by atoms with Crippen LogP contribution in [0.3, 0.4) is 0 Å². The maximum Gasteiger partial charge on any atom is 0.307 e. The van der Waals surface area contributed by atoms with Gasteiger partial charge in [0.15, 0.2) is 0 Å². The number of nitrogens with one attached hydrogen (secondary N) is 2. The second-order valence-corrected chi connectivity index (χ2v) is 3.94. The Morgan fingerprint density at radius 1 is 1.22 bits per heavy atom. The van der Waals surface area contributed by atoms with Gasteiger partial charge in [0.25, 0.3) is 0 Å². The molecule has 0 aliphatic heterocycles. The zero-order chi connectivity index (χ0) is 13.4. The van der Waals surface area contributed by atoms with E-state index >= 15 is 0 Å². The van der Waals surface area contributed by atoms with Gasteiger partial charge in [-0.3, -0.25) is 9.59 Å². The Labute approximate surface area is 106 Å². The highest BCUT2D eigenvalue weighted by Gasteiger charge is 2.05. The standard InChI is InChI=1S/C13H18N2O3/c1-14-12(16)6-7-15-9-11-5-3-2-4-10(11)8-13(17)18/h2-5,15H,6-9H2,1H3,(H,14,16)(H,17,18). The van der Waals surface area contributed by atoms with E-state index in [-0.39, 0.29) is 12.3 Å². The van der Waals surface area contributed by atoms with E-state index in [9.17, 15) is 9.59 Å². The highest BCUT2D eigenvalue weighted by Crippen LogP contribution is 2.09. The molecule has 1 aromatic carbocycles. The number of carbonyl (C=O) groups is 2. The topological polar surface area (TPSA) is 78.4 Å². The quantitative estimate of drug-likeness (QED) is 0.617. The molecule has 0 unspecified atom stereocenters. The van der Waals surface area contributed by atoms with Crippen molar-refractivity contribution >= 4 is 11.9 Å². The molecule has 0 fully saturated rings. The van der Waals surface area contributed by atoms with E-state index in [0.717, 1.165) is 11.1 Å². The molecule has 5 heteroatoms. The Hall–Kier alpha value is -1.88. The largest absolute Gasteiger partial charge is 0.481 e. The van der Waals surface area contributed by atoms with E-state index in [2.05, 4.69) is 10.6 Å². The van der Waals surface area contributed by atoms with Crippen LogP contribution >= 0.6 is 0 Å². The summed E-state index contributed by atoms with van der Waals surface area (Å²) < 4.78 is 0. The molecule has 1 aromatic rings. The summed E-state index contributed by atoms with van der Waals surface area (Å²) in [4.78, 5) is 21.7. The van der Waals surface area contributed by atoms with Crippen LogP contribution in [0, 0.1) is 0 Å². The van der Waals surface area contributed by atoms with E-state index in [1.165, 1.54) is 0 Å². The molecule has 1 rings (SSSR count). The van der Waals surface area contributed by atoms with Crippen LogP contribution in [0.25, 0.3) is 0 Å². The minimum absolute atomic E-state index is 0.0127. The predicted octanol–water partition coefficient (Wildman–Crippen LogP) is 0.539. The Kier molecular flexibility index (Phi) is 5.87. The number of carboxylic acid groups (broad SMARTS) is 1. The number of carbonyl (C=O) groups excluding carboxylic acids is 1. The molecular formula is C13H18N2O3. The van der Waals surface area contributed by atoms with Gasteiger partial charge in [-0.05, 0) is 11.1 Å². The molecule has 98 valence electrons. The number of amides is 1. The lowest BCUT2D eigenvalue weighted by Gasteiger charge is -2.08. The van der Waals surface area contributed by atoms with Gasteiger partial charge in [-0.15, -0.1) is 0 Å². The van der Waals surface area contributed by atoms with E-state index < -0.39 is 5.97 Å². The highest BCUT2D eigenvalue weighted by atomic mass is 16.4. The van der Waals surface area contributed by atoms with Crippen molar-refractivity contribution in [3.05, 3.63) is 35.4 Å². The number of hydrogen-bond donors (Lipinski definition) is 3. The summed E-state index contributed by atoms with van der Waals surface area (Å²) in [6, 6.07) is 7.41. The molecular weight excluding hydrogens is 232 g/mol. The van der Waals surface area contributed by atoms with Gasteiger partial charge in [-0.1, -0.05) is 24.3 Å². The Balaban J connectivity index is 2.46. The molecule has 0 bridgehead atoms. The molecule has 1 amide bonds. The molecule has 0 aromatic heterocycles. The maximum absolute atomic E-state index is 11.0. The lowest BCUT2D eigenvalue weighted by atomic mass is 10.0. The summed E-state index contributed by atoms with van der Waals surface area (Å²) >= 11 is 0. The van der Waals surface area contributed by atoms with Crippen LogP contribution in [-0.4, -0.2) is 30.6 Å². The second kappa shape index (κ2) is 7.45. The van der Waals surface area contributed by atoms with Crippen LogP contribution in [0.4, 0.5) is 0 Å². The lowest BCUT2D eigenvalue weighted by Crippen LogP contribution is -2.24. The monoisotopic (exact) mass is 250 g/mol. The Morgan fingerprint density at radius 2 is 1.89 bits per heavy atom. The van der Waals surface area contributed by atoms with Crippen molar-refractivity contribution in [2.45, 2.75) is 19.4 Å². The molecule has 0 spiro atoms. The average Bonchev–Trinajstić information content (AvgIpc) is 2.35. The van der Waals surface area contributed by atoms with Crippen molar-refractivity contribution in [1.29, 1.82) is 0 Å². The number of rotatable bonds is 7. The first-order valence-corrected chi connectivity index (χ1v) is 5.83. The van der Waals surface area contributed by atoms with Crippen molar-refractivity contribution < 1.29 is 14.7 Å². The second-order valence-electron chi connectivity index (χ2n) is 3.94.